The van der Waals surface area contributed by atoms with Crippen LogP contribution in [0.2, 0.25) is 10.0 Å². The number of carbonyl (C=O) groups excluding carboxylic acids is 1. The molecule has 0 aliphatic heterocycles. The van der Waals surface area contributed by atoms with E-state index >= 15 is 0 Å². The summed E-state index contributed by atoms with van der Waals surface area (Å²) in [5.41, 5.74) is 1.01. The molecule has 0 saturated carbocycles. The van der Waals surface area contributed by atoms with Crippen molar-refractivity contribution >= 4 is 29.2 Å². The molecule has 4 heteroatoms. The summed E-state index contributed by atoms with van der Waals surface area (Å²) in [6.45, 7) is 0. The molecule has 0 unspecified atom stereocenters. The van der Waals surface area contributed by atoms with Gasteiger partial charge in [-0.3, -0.25) is 4.79 Å². The SMILES string of the molecule is O=C(CCc1cccc(Cl)c1)Oc1ccc(Cl)cc1. The number of benzene rings is 2. The van der Waals surface area contributed by atoms with Gasteiger partial charge in [-0.1, -0.05) is 35.3 Å². The molecule has 2 aromatic carbocycles. The first-order valence-corrected chi connectivity index (χ1v) is 6.60. The minimum Gasteiger partial charge on any atom is -0.427 e. The summed E-state index contributed by atoms with van der Waals surface area (Å²) in [6.07, 6.45) is 0.913. The lowest BCUT2D eigenvalue weighted by atomic mass is 10.1. The Labute approximate surface area is 121 Å². The zero-order valence-electron chi connectivity index (χ0n) is 10.1. The maximum atomic E-state index is 11.7. The lowest BCUT2D eigenvalue weighted by molar-refractivity contribution is -0.134. The molecule has 0 fully saturated rings. The first-order valence-electron chi connectivity index (χ1n) is 5.84. The molecule has 0 bridgehead atoms. The number of hydrogen-bond acceptors (Lipinski definition) is 2. The van der Waals surface area contributed by atoms with E-state index in [0.717, 1.165) is 5.56 Å². The molecule has 0 aromatic heterocycles. The average molecular weight is 295 g/mol. The van der Waals surface area contributed by atoms with Gasteiger partial charge in [-0.05, 0) is 48.4 Å². The van der Waals surface area contributed by atoms with E-state index in [1.165, 1.54) is 0 Å². The van der Waals surface area contributed by atoms with Gasteiger partial charge in [-0.15, -0.1) is 0 Å². The first kappa shape index (κ1) is 13.9. The number of halogens is 2. The highest BCUT2D eigenvalue weighted by Crippen LogP contribution is 2.17. The normalized spacial score (nSPS) is 10.2. The highest BCUT2D eigenvalue weighted by molar-refractivity contribution is 6.30. The Morgan fingerprint density at radius 1 is 1.00 bits per heavy atom. The summed E-state index contributed by atoms with van der Waals surface area (Å²) in [5.74, 6) is 0.225. The van der Waals surface area contributed by atoms with Gasteiger partial charge in [0.15, 0.2) is 0 Å². The van der Waals surface area contributed by atoms with E-state index in [1.54, 1.807) is 30.3 Å². The van der Waals surface area contributed by atoms with Gasteiger partial charge in [-0.2, -0.15) is 0 Å². The summed E-state index contributed by atoms with van der Waals surface area (Å²) in [4.78, 5) is 11.7. The van der Waals surface area contributed by atoms with E-state index in [0.29, 0.717) is 28.6 Å². The molecule has 0 saturated heterocycles. The van der Waals surface area contributed by atoms with Crippen molar-refractivity contribution in [2.24, 2.45) is 0 Å². The first-order chi connectivity index (χ1) is 9.13. The van der Waals surface area contributed by atoms with Crippen LogP contribution in [0.1, 0.15) is 12.0 Å². The molecular formula is C15H12Cl2O2. The molecule has 2 aromatic rings. The van der Waals surface area contributed by atoms with Crippen molar-refractivity contribution in [3.63, 3.8) is 0 Å². The topological polar surface area (TPSA) is 26.3 Å². The number of hydrogen-bond donors (Lipinski definition) is 0. The van der Waals surface area contributed by atoms with Gasteiger partial charge in [0.25, 0.3) is 0 Å². The molecule has 98 valence electrons. The fraction of sp³-hybridized carbons (Fsp3) is 0.133. The third-order valence-corrected chi connectivity index (χ3v) is 3.04. The minimum atomic E-state index is -0.276. The van der Waals surface area contributed by atoms with Gasteiger partial charge in [0, 0.05) is 16.5 Å². The fourth-order valence-electron chi connectivity index (χ4n) is 1.62. The van der Waals surface area contributed by atoms with Gasteiger partial charge in [0.1, 0.15) is 5.75 Å². The van der Waals surface area contributed by atoms with Crippen LogP contribution in [0.4, 0.5) is 0 Å². The number of ether oxygens (including phenoxy) is 1. The molecule has 0 radical (unpaired) electrons. The Hall–Kier alpha value is -1.51. The van der Waals surface area contributed by atoms with Crippen molar-refractivity contribution in [3.05, 3.63) is 64.1 Å². The van der Waals surface area contributed by atoms with Gasteiger partial charge in [0.05, 0.1) is 0 Å². The smallest absolute Gasteiger partial charge is 0.311 e. The zero-order chi connectivity index (χ0) is 13.7. The van der Waals surface area contributed by atoms with Crippen molar-refractivity contribution in [3.8, 4) is 5.75 Å². The second-order valence-corrected chi connectivity index (χ2v) is 4.93. The third kappa shape index (κ3) is 4.58. The van der Waals surface area contributed by atoms with Crippen LogP contribution in [0, 0.1) is 0 Å². The molecule has 0 aliphatic rings. The predicted octanol–water partition coefficient (Wildman–Crippen LogP) is 4.53. The second kappa shape index (κ2) is 6.60. The van der Waals surface area contributed by atoms with Gasteiger partial charge >= 0.3 is 5.97 Å². The van der Waals surface area contributed by atoms with Gasteiger partial charge in [-0.25, -0.2) is 0 Å². The molecule has 0 heterocycles. The van der Waals surface area contributed by atoms with Crippen molar-refractivity contribution in [1.82, 2.24) is 0 Å². The zero-order valence-corrected chi connectivity index (χ0v) is 11.6. The van der Waals surface area contributed by atoms with E-state index in [1.807, 2.05) is 18.2 Å². The van der Waals surface area contributed by atoms with Crippen molar-refractivity contribution in [2.45, 2.75) is 12.8 Å². The van der Waals surface area contributed by atoms with Gasteiger partial charge < -0.3 is 4.74 Å². The van der Waals surface area contributed by atoms with Crippen LogP contribution >= 0.6 is 23.2 Å². The number of esters is 1. The standard InChI is InChI=1S/C15H12Cl2O2/c16-12-5-7-14(8-6-12)19-15(18)9-4-11-2-1-3-13(17)10-11/h1-3,5-8,10H,4,9H2. The van der Waals surface area contributed by atoms with Crippen molar-refractivity contribution < 1.29 is 9.53 Å². The molecule has 2 rings (SSSR count). The Morgan fingerprint density at radius 3 is 2.42 bits per heavy atom. The molecule has 2 nitrogen and oxygen atoms in total. The monoisotopic (exact) mass is 294 g/mol. The van der Waals surface area contributed by atoms with Gasteiger partial charge in [0.2, 0.25) is 0 Å². The maximum Gasteiger partial charge on any atom is 0.311 e. The molecule has 0 N–H and O–H groups in total. The third-order valence-electron chi connectivity index (χ3n) is 2.55. The molecule has 19 heavy (non-hydrogen) atoms. The Kier molecular flexibility index (Phi) is 4.83. The van der Waals surface area contributed by atoms with Crippen molar-refractivity contribution in [2.75, 3.05) is 0 Å². The summed E-state index contributed by atoms with van der Waals surface area (Å²) >= 11 is 11.6. The molecule has 0 aliphatic carbocycles. The van der Waals surface area contributed by atoms with E-state index in [2.05, 4.69) is 0 Å². The van der Waals surface area contributed by atoms with E-state index in [9.17, 15) is 4.79 Å². The number of rotatable bonds is 4. The van der Waals surface area contributed by atoms with Crippen LogP contribution in [0.3, 0.4) is 0 Å². The van der Waals surface area contributed by atoms with Crippen LogP contribution in [-0.2, 0) is 11.2 Å². The summed E-state index contributed by atoms with van der Waals surface area (Å²) in [5, 5.41) is 1.28. The summed E-state index contributed by atoms with van der Waals surface area (Å²) in [6, 6.07) is 14.1. The molecule has 0 atom stereocenters. The van der Waals surface area contributed by atoms with Crippen LogP contribution in [0.25, 0.3) is 0 Å². The lowest BCUT2D eigenvalue weighted by Crippen LogP contribution is -2.08. The number of aryl methyl sites for hydroxylation is 1. The largest absolute Gasteiger partial charge is 0.427 e. The Bertz CT molecular complexity index is 565. The Balaban J connectivity index is 1.86. The van der Waals surface area contributed by atoms with Crippen LogP contribution in [-0.4, -0.2) is 5.97 Å². The highest BCUT2D eigenvalue weighted by atomic mass is 35.5. The van der Waals surface area contributed by atoms with E-state index < -0.39 is 0 Å². The highest BCUT2D eigenvalue weighted by Gasteiger charge is 2.05. The average Bonchev–Trinajstić information content (AvgIpc) is 2.39. The quantitative estimate of drug-likeness (QED) is 0.612. The second-order valence-electron chi connectivity index (χ2n) is 4.06. The lowest BCUT2D eigenvalue weighted by Gasteiger charge is -2.04. The van der Waals surface area contributed by atoms with Crippen LogP contribution in [0.15, 0.2) is 48.5 Å². The molecule has 0 amide bonds. The van der Waals surface area contributed by atoms with Crippen LogP contribution < -0.4 is 4.74 Å². The number of carbonyl (C=O) groups is 1. The minimum absolute atomic E-state index is 0.276. The van der Waals surface area contributed by atoms with E-state index in [4.69, 9.17) is 27.9 Å². The molecule has 0 spiro atoms. The predicted molar refractivity (Wildman–Crippen MR) is 76.9 cm³/mol. The Morgan fingerprint density at radius 2 is 1.74 bits per heavy atom. The van der Waals surface area contributed by atoms with Crippen molar-refractivity contribution in [1.29, 1.82) is 0 Å². The van der Waals surface area contributed by atoms with E-state index in [-0.39, 0.29) is 5.97 Å². The van der Waals surface area contributed by atoms with Crippen LogP contribution in [0.5, 0.6) is 5.75 Å². The fourth-order valence-corrected chi connectivity index (χ4v) is 1.96. The summed E-state index contributed by atoms with van der Waals surface area (Å²) in [7, 11) is 0. The molecular weight excluding hydrogens is 283 g/mol. The maximum absolute atomic E-state index is 11.7. The summed E-state index contributed by atoms with van der Waals surface area (Å²) < 4.78 is 5.19.